The van der Waals surface area contributed by atoms with Gasteiger partial charge in [0, 0.05) is 13.1 Å². The summed E-state index contributed by atoms with van der Waals surface area (Å²) in [4.78, 5) is 12.7. The Balaban J connectivity index is 1.33. The van der Waals surface area contributed by atoms with Gasteiger partial charge in [0.05, 0.1) is 31.3 Å². The summed E-state index contributed by atoms with van der Waals surface area (Å²) in [6, 6.07) is 15.7. The molecule has 2 aliphatic heterocycles. The first-order valence-electron chi connectivity index (χ1n) is 11.7. The smallest absolute Gasteiger partial charge is 0.407 e. The molecule has 1 amide bonds. The van der Waals surface area contributed by atoms with Crippen LogP contribution in [0.5, 0.6) is 0 Å². The van der Waals surface area contributed by atoms with Crippen molar-refractivity contribution in [2.75, 3.05) is 19.8 Å². The van der Waals surface area contributed by atoms with Crippen LogP contribution in [-0.4, -0.2) is 55.5 Å². The molecule has 0 aliphatic carbocycles. The number of hydrogen-bond donors (Lipinski definition) is 3. The maximum atomic E-state index is 12.7. The Morgan fingerprint density at radius 1 is 1.12 bits per heavy atom. The van der Waals surface area contributed by atoms with E-state index in [4.69, 9.17) is 14.2 Å². The average molecular weight is 455 g/mol. The van der Waals surface area contributed by atoms with Gasteiger partial charge in [-0.3, -0.25) is 0 Å². The third-order valence-corrected chi connectivity index (χ3v) is 6.56. The van der Waals surface area contributed by atoms with Crippen molar-refractivity contribution in [3.63, 3.8) is 0 Å². The number of fused-ring (bicyclic) bond motifs is 1. The summed E-state index contributed by atoms with van der Waals surface area (Å²) in [6.45, 7) is 6.13. The zero-order valence-corrected chi connectivity index (χ0v) is 19.3. The first kappa shape index (κ1) is 23.7. The summed E-state index contributed by atoms with van der Waals surface area (Å²) < 4.78 is 16.7. The van der Waals surface area contributed by atoms with Gasteiger partial charge in [-0.05, 0) is 48.9 Å². The number of ether oxygens (including phenoxy) is 3. The number of benzene rings is 2. The van der Waals surface area contributed by atoms with Gasteiger partial charge < -0.3 is 30.0 Å². The largest absolute Gasteiger partial charge is 0.443 e. The lowest BCUT2D eigenvalue weighted by molar-refractivity contribution is -0.0907. The minimum atomic E-state index is -0.785. The Bertz CT molecular complexity index is 922. The standard InChI is InChI=1S/C26H34N2O5/c1-17-8-9-20(12-18(17)2)14-27-15-23(29)22(13-19-6-4-3-5-7-19)28-26(30)33-24-16-32-25-21(24)10-11-31-25/h3-9,12,21-25,27,29H,10-11,13-16H2,1-2H3,(H,28,30). The number of aliphatic hydroxyl groups is 1. The van der Waals surface area contributed by atoms with Crippen LogP contribution in [0.4, 0.5) is 4.79 Å². The molecule has 7 heteroatoms. The molecule has 4 rings (SSSR count). The Labute approximate surface area is 195 Å². The van der Waals surface area contributed by atoms with Crippen molar-refractivity contribution < 1.29 is 24.1 Å². The molecule has 2 heterocycles. The van der Waals surface area contributed by atoms with Crippen LogP contribution in [0.3, 0.4) is 0 Å². The summed E-state index contributed by atoms with van der Waals surface area (Å²) in [6.07, 6.45) is -0.602. The van der Waals surface area contributed by atoms with E-state index in [1.165, 1.54) is 11.1 Å². The van der Waals surface area contributed by atoms with Gasteiger partial charge in [-0.25, -0.2) is 4.79 Å². The lowest BCUT2D eigenvalue weighted by Gasteiger charge is -2.26. The van der Waals surface area contributed by atoms with Gasteiger partial charge in [0.1, 0.15) is 6.10 Å². The highest BCUT2D eigenvalue weighted by molar-refractivity contribution is 5.68. The van der Waals surface area contributed by atoms with E-state index in [9.17, 15) is 9.90 Å². The molecule has 2 saturated heterocycles. The zero-order chi connectivity index (χ0) is 23.2. The van der Waals surface area contributed by atoms with Crippen molar-refractivity contribution in [3.8, 4) is 0 Å². The molecule has 0 aromatic heterocycles. The van der Waals surface area contributed by atoms with Gasteiger partial charge in [-0.15, -0.1) is 0 Å². The Morgan fingerprint density at radius 2 is 1.94 bits per heavy atom. The number of hydrogen-bond acceptors (Lipinski definition) is 6. The van der Waals surface area contributed by atoms with Crippen LogP contribution in [0.15, 0.2) is 48.5 Å². The molecule has 2 fully saturated rings. The Morgan fingerprint density at radius 3 is 2.73 bits per heavy atom. The Kier molecular flexibility index (Phi) is 7.98. The fraction of sp³-hybridized carbons (Fsp3) is 0.500. The zero-order valence-electron chi connectivity index (χ0n) is 19.3. The minimum absolute atomic E-state index is 0.0767. The van der Waals surface area contributed by atoms with Crippen LogP contribution < -0.4 is 10.6 Å². The predicted molar refractivity (Wildman–Crippen MR) is 125 cm³/mol. The second kappa shape index (κ2) is 11.1. The van der Waals surface area contributed by atoms with Crippen molar-refractivity contribution >= 4 is 6.09 Å². The molecule has 3 N–H and O–H groups in total. The molecule has 7 nitrogen and oxygen atoms in total. The van der Waals surface area contributed by atoms with Crippen LogP contribution in [0, 0.1) is 19.8 Å². The van der Waals surface area contributed by atoms with Gasteiger partial charge >= 0.3 is 6.09 Å². The molecule has 0 bridgehead atoms. The summed E-state index contributed by atoms with van der Waals surface area (Å²) >= 11 is 0. The second-order valence-corrected chi connectivity index (χ2v) is 9.03. The third kappa shape index (κ3) is 6.32. The highest BCUT2D eigenvalue weighted by Gasteiger charge is 2.44. The summed E-state index contributed by atoms with van der Waals surface area (Å²) in [5.74, 6) is 0.0767. The van der Waals surface area contributed by atoms with E-state index in [2.05, 4.69) is 42.7 Å². The summed E-state index contributed by atoms with van der Waals surface area (Å²) in [7, 11) is 0. The molecular weight excluding hydrogens is 420 g/mol. The van der Waals surface area contributed by atoms with Crippen molar-refractivity contribution in [2.24, 2.45) is 5.92 Å². The van der Waals surface area contributed by atoms with E-state index < -0.39 is 18.2 Å². The predicted octanol–water partition coefficient (Wildman–Crippen LogP) is 2.85. The summed E-state index contributed by atoms with van der Waals surface area (Å²) in [5, 5.41) is 17.1. The molecule has 2 aromatic carbocycles. The van der Waals surface area contributed by atoms with E-state index in [1.807, 2.05) is 30.3 Å². The van der Waals surface area contributed by atoms with E-state index in [-0.39, 0.29) is 18.3 Å². The molecule has 2 aliphatic rings. The van der Waals surface area contributed by atoms with Gasteiger partial charge in [-0.2, -0.15) is 0 Å². The maximum absolute atomic E-state index is 12.7. The van der Waals surface area contributed by atoms with Gasteiger partial charge in [-0.1, -0.05) is 48.5 Å². The van der Waals surface area contributed by atoms with Crippen LogP contribution in [0.2, 0.25) is 0 Å². The first-order valence-corrected chi connectivity index (χ1v) is 11.7. The number of amides is 1. The normalized spacial score (nSPS) is 23.7. The van der Waals surface area contributed by atoms with Crippen molar-refractivity contribution in [1.82, 2.24) is 10.6 Å². The van der Waals surface area contributed by atoms with Gasteiger partial charge in [0.25, 0.3) is 0 Å². The monoisotopic (exact) mass is 454 g/mol. The highest BCUT2D eigenvalue weighted by Crippen LogP contribution is 2.33. The number of rotatable bonds is 9. The Hall–Kier alpha value is -2.45. The first-order chi connectivity index (χ1) is 16.0. The molecule has 0 spiro atoms. The number of alkyl carbamates (subject to hydrolysis) is 1. The molecule has 5 atom stereocenters. The van der Waals surface area contributed by atoms with Crippen LogP contribution in [-0.2, 0) is 27.2 Å². The van der Waals surface area contributed by atoms with Crippen LogP contribution in [0.25, 0.3) is 0 Å². The van der Waals surface area contributed by atoms with E-state index in [1.54, 1.807) is 0 Å². The average Bonchev–Trinajstić information content (AvgIpc) is 3.42. The molecule has 2 aromatic rings. The second-order valence-electron chi connectivity index (χ2n) is 9.03. The lowest BCUT2D eigenvalue weighted by Crippen LogP contribution is -2.49. The fourth-order valence-electron chi connectivity index (χ4n) is 4.44. The molecule has 0 saturated carbocycles. The SMILES string of the molecule is Cc1ccc(CNCC(O)C(Cc2ccccc2)NC(=O)OC2COC3OCCC23)cc1C. The molecule has 178 valence electrons. The number of carbonyl (C=O) groups is 1. The van der Waals surface area contributed by atoms with Crippen molar-refractivity contribution in [1.29, 1.82) is 0 Å². The minimum Gasteiger partial charge on any atom is -0.443 e. The topological polar surface area (TPSA) is 89.1 Å². The van der Waals surface area contributed by atoms with Crippen LogP contribution >= 0.6 is 0 Å². The van der Waals surface area contributed by atoms with E-state index in [0.29, 0.717) is 32.7 Å². The number of nitrogens with one attached hydrogen (secondary N) is 2. The lowest BCUT2D eigenvalue weighted by atomic mass is 10.0. The third-order valence-electron chi connectivity index (χ3n) is 6.56. The quantitative estimate of drug-likeness (QED) is 0.540. The van der Waals surface area contributed by atoms with Crippen molar-refractivity contribution in [3.05, 3.63) is 70.8 Å². The number of aryl methyl sites for hydroxylation is 2. The summed E-state index contributed by atoms with van der Waals surface area (Å²) in [5.41, 5.74) is 4.69. The number of aliphatic hydroxyl groups excluding tert-OH is 1. The van der Waals surface area contributed by atoms with Crippen molar-refractivity contribution in [2.45, 2.75) is 57.8 Å². The fourth-order valence-corrected chi connectivity index (χ4v) is 4.44. The van der Waals surface area contributed by atoms with Gasteiger partial charge in [0.15, 0.2) is 6.29 Å². The number of carbonyl (C=O) groups excluding carboxylic acids is 1. The maximum Gasteiger partial charge on any atom is 0.407 e. The van der Waals surface area contributed by atoms with Gasteiger partial charge in [0.2, 0.25) is 0 Å². The molecular formula is C26H34N2O5. The van der Waals surface area contributed by atoms with Crippen LogP contribution in [0.1, 0.15) is 28.7 Å². The highest BCUT2D eigenvalue weighted by atomic mass is 16.7. The van der Waals surface area contributed by atoms with E-state index in [0.717, 1.165) is 17.5 Å². The molecule has 33 heavy (non-hydrogen) atoms. The van der Waals surface area contributed by atoms with E-state index >= 15 is 0 Å². The molecule has 0 radical (unpaired) electrons. The molecule has 5 unspecified atom stereocenters.